The van der Waals surface area contributed by atoms with Crippen LogP contribution in [-0.2, 0) is 0 Å². The molecule has 4 nitrogen and oxygen atoms in total. The highest BCUT2D eigenvalue weighted by atomic mass is 16.6. The fourth-order valence-corrected chi connectivity index (χ4v) is 2.75. The minimum absolute atomic E-state index is 0.0424. The molecular formula is C19H16O4. The molecule has 4 heteroatoms. The first kappa shape index (κ1) is 13.9. The first-order valence-electron chi connectivity index (χ1n) is 7.57. The first-order chi connectivity index (χ1) is 11.1. The molecule has 2 heterocycles. The Morgan fingerprint density at radius 2 is 1.61 bits per heavy atom. The molecule has 23 heavy (non-hydrogen) atoms. The maximum absolute atomic E-state index is 12.4. The van der Waals surface area contributed by atoms with Crippen LogP contribution in [0, 0.1) is 13.8 Å². The van der Waals surface area contributed by atoms with Gasteiger partial charge in [-0.25, -0.2) is 0 Å². The first-order valence-corrected chi connectivity index (χ1v) is 7.57. The molecule has 0 aliphatic carbocycles. The van der Waals surface area contributed by atoms with Gasteiger partial charge in [0.2, 0.25) is 0 Å². The van der Waals surface area contributed by atoms with Gasteiger partial charge in [0.1, 0.15) is 24.6 Å². The van der Waals surface area contributed by atoms with E-state index in [-0.39, 0.29) is 5.43 Å². The molecule has 0 N–H and O–H groups in total. The Kier molecular flexibility index (Phi) is 3.11. The third kappa shape index (κ3) is 2.36. The Hall–Kier alpha value is -2.75. The fraction of sp³-hybridized carbons (Fsp3) is 0.211. The molecule has 3 aromatic rings. The predicted octanol–water partition coefficient (Wildman–Crippen LogP) is 3.85. The van der Waals surface area contributed by atoms with Gasteiger partial charge in [-0.3, -0.25) is 4.79 Å². The summed E-state index contributed by atoms with van der Waals surface area (Å²) in [6.07, 6.45) is 0. The van der Waals surface area contributed by atoms with Crippen molar-refractivity contribution in [3.05, 3.63) is 57.7 Å². The second-order valence-electron chi connectivity index (χ2n) is 5.77. The van der Waals surface area contributed by atoms with Crippen LogP contribution in [0.3, 0.4) is 0 Å². The quantitative estimate of drug-likeness (QED) is 0.685. The van der Waals surface area contributed by atoms with Crippen LogP contribution < -0.4 is 14.9 Å². The summed E-state index contributed by atoms with van der Waals surface area (Å²) in [4.78, 5) is 12.4. The highest BCUT2D eigenvalue weighted by Gasteiger charge is 2.14. The highest BCUT2D eigenvalue weighted by Crippen LogP contribution is 2.35. The Labute approximate surface area is 133 Å². The van der Waals surface area contributed by atoms with Crippen LogP contribution in [0.1, 0.15) is 11.1 Å². The average molecular weight is 308 g/mol. The van der Waals surface area contributed by atoms with Crippen molar-refractivity contribution < 1.29 is 13.9 Å². The van der Waals surface area contributed by atoms with Crippen LogP contribution in [0.5, 0.6) is 11.5 Å². The van der Waals surface area contributed by atoms with Gasteiger partial charge >= 0.3 is 0 Å². The Morgan fingerprint density at radius 3 is 2.43 bits per heavy atom. The normalized spacial score (nSPS) is 13.3. The number of aryl methyl sites for hydroxylation is 2. The number of hydrogen-bond donors (Lipinski definition) is 0. The molecule has 0 fully saturated rings. The number of hydrogen-bond acceptors (Lipinski definition) is 4. The molecular weight excluding hydrogens is 292 g/mol. The van der Waals surface area contributed by atoms with Crippen LogP contribution in [0.2, 0.25) is 0 Å². The summed E-state index contributed by atoms with van der Waals surface area (Å²) in [7, 11) is 0. The Balaban J connectivity index is 1.89. The Morgan fingerprint density at radius 1 is 0.870 bits per heavy atom. The van der Waals surface area contributed by atoms with E-state index in [2.05, 4.69) is 0 Å². The highest BCUT2D eigenvalue weighted by molar-refractivity contribution is 5.80. The molecule has 0 atom stereocenters. The van der Waals surface area contributed by atoms with Crippen LogP contribution in [-0.4, -0.2) is 13.2 Å². The van der Waals surface area contributed by atoms with Crippen LogP contribution in [0.25, 0.3) is 22.3 Å². The van der Waals surface area contributed by atoms with E-state index >= 15 is 0 Å². The maximum Gasteiger partial charge on any atom is 0.193 e. The van der Waals surface area contributed by atoms with Gasteiger partial charge in [0.15, 0.2) is 16.9 Å². The second-order valence-corrected chi connectivity index (χ2v) is 5.77. The monoisotopic (exact) mass is 308 g/mol. The third-order valence-electron chi connectivity index (χ3n) is 4.17. The minimum Gasteiger partial charge on any atom is -0.486 e. The molecule has 0 radical (unpaired) electrons. The minimum atomic E-state index is -0.0424. The van der Waals surface area contributed by atoms with Crippen molar-refractivity contribution in [3.63, 3.8) is 0 Å². The second kappa shape index (κ2) is 5.16. The topological polar surface area (TPSA) is 48.7 Å². The summed E-state index contributed by atoms with van der Waals surface area (Å²) in [5, 5.41) is 0.606. The van der Waals surface area contributed by atoms with E-state index in [0.29, 0.717) is 35.7 Å². The zero-order valence-corrected chi connectivity index (χ0v) is 13.0. The molecule has 0 saturated carbocycles. The molecule has 4 rings (SSSR count). The lowest BCUT2D eigenvalue weighted by Crippen LogP contribution is -2.15. The van der Waals surface area contributed by atoms with E-state index in [1.165, 1.54) is 6.07 Å². The lowest BCUT2D eigenvalue weighted by molar-refractivity contribution is 0.171. The SMILES string of the molecule is Cc1cc2oc(-c3ccc4c(c3)OCCO4)cc(=O)c2cc1C. The van der Waals surface area contributed by atoms with Gasteiger partial charge in [-0.05, 0) is 55.3 Å². The van der Waals surface area contributed by atoms with E-state index in [1.54, 1.807) is 0 Å². The fourth-order valence-electron chi connectivity index (χ4n) is 2.75. The molecule has 0 unspecified atom stereocenters. The molecule has 0 amide bonds. The summed E-state index contributed by atoms with van der Waals surface area (Å²) < 4.78 is 17.1. The third-order valence-corrected chi connectivity index (χ3v) is 4.17. The van der Waals surface area contributed by atoms with Gasteiger partial charge in [-0.2, -0.15) is 0 Å². The standard InChI is InChI=1S/C19H16O4/c1-11-7-14-15(20)10-17(23-18(14)8-12(11)2)13-3-4-16-19(9-13)22-6-5-21-16/h3-4,7-10H,5-6H2,1-2H3. The number of ether oxygens (including phenoxy) is 2. The average Bonchev–Trinajstić information content (AvgIpc) is 2.56. The summed E-state index contributed by atoms with van der Waals surface area (Å²) in [5.74, 6) is 1.92. The van der Waals surface area contributed by atoms with E-state index in [9.17, 15) is 4.79 Å². The number of benzene rings is 2. The van der Waals surface area contributed by atoms with E-state index in [0.717, 1.165) is 22.4 Å². The molecule has 116 valence electrons. The molecule has 1 aliphatic rings. The van der Waals surface area contributed by atoms with Crippen LogP contribution in [0.15, 0.2) is 45.6 Å². The number of rotatable bonds is 1. The van der Waals surface area contributed by atoms with E-state index < -0.39 is 0 Å². The molecule has 0 spiro atoms. The van der Waals surface area contributed by atoms with Crippen molar-refractivity contribution in [1.82, 2.24) is 0 Å². The summed E-state index contributed by atoms with van der Waals surface area (Å²) in [5.41, 5.74) is 3.54. The van der Waals surface area contributed by atoms with Crippen LogP contribution in [0.4, 0.5) is 0 Å². The van der Waals surface area contributed by atoms with Crippen molar-refractivity contribution in [2.45, 2.75) is 13.8 Å². The van der Waals surface area contributed by atoms with Gasteiger partial charge < -0.3 is 13.9 Å². The van der Waals surface area contributed by atoms with Gasteiger partial charge in [-0.15, -0.1) is 0 Å². The smallest absolute Gasteiger partial charge is 0.193 e. The molecule has 0 saturated heterocycles. The Bertz CT molecular complexity index is 969. The molecule has 0 bridgehead atoms. The largest absolute Gasteiger partial charge is 0.486 e. The molecule has 1 aromatic heterocycles. The van der Waals surface area contributed by atoms with Gasteiger partial charge in [0, 0.05) is 11.6 Å². The van der Waals surface area contributed by atoms with E-state index in [4.69, 9.17) is 13.9 Å². The van der Waals surface area contributed by atoms with Crippen molar-refractivity contribution >= 4 is 11.0 Å². The predicted molar refractivity (Wildman–Crippen MR) is 88.4 cm³/mol. The summed E-state index contributed by atoms with van der Waals surface area (Å²) >= 11 is 0. The van der Waals surface area contributed by atoms with Gasteiger partial charge in [0.25, 0.3) is 0 Å². The van der Waals surface area contributed by atoms with Crippen molar-refractivity contribution in [2.75, 3.05) is 13.2 Å². The maximum atomic E-state index is 12.4. The van der Waals surface area contributed by atoms with Crippen molar-refractivity contribution in [3.8, 4) is 22.8 Å². The van der Waals surface area contributed by atoms with Crippen molar-refractivity contribution in [2.24, 2.45) is 0 Å². The lowest BCUT2D eigenvalue weighted by Gasteiger charge is -2.18. The molecule has 2 aromatic carbocycles. The summed E-state index contributed by atoms with van der Waals surface area (Å²) in [6.45, 7) is 5.07. The lowest BCUT2D eigenvalue weighted by atomic mass is 10.1. The summed E-state index contributed by atoms with van der Waals surface area (Å²) in [6, 6.07) is 10.9. The number of fused-ring (bicyclic) bond motifs is 2. The van der Waals surface area contributed by atoms with Gasteiger partial charge in [0.05, 0.1) is 5.39 Å². The zero-order valence-electron chi connectivity index (χ0n) is 13.0. The molecule has 1 aliphatic heterocycles. The van der Waals surface area contributed by atoms with Crippen molar-refractivity contribution in [1.29, 1.82) is 0 Å². The van der Waals surface area contributed by atoms with Gasteiger partial charge in [-0.1, -0.05) is 0 Å². The van der Waals surface area contributed by atoms with Crippen LogP contribution >= 0.6 is 0 Å². The zero-order chi connectivity index (χ0) is 16.0. The van der Waals surface area contributed by atoms with E-state index in [1.807, 2.05) is 44.2 Å².